The number of methoxy groups -OCH3 is 1. The summed E-state index contributed by atoms with van der Waals surface area (Å²) in [4.78, 5) is 0. The van der Waals surface area contributed by atoms with Crippen LogP contribution in [-0.2, 0) is 0 Å². The van der Waals surface area contributed by atoms with Crippen molar-refractivity contribution in [2.24, 2.45) is 0 Å². The number of benzene rings is 2. The molecule has 84 valence electrons. The Balaban J connectivity index is 2.36. The van der Waals surface area contributed by atoms with Crippen LogP contribution in [0.3, 0.4) is 0 Å². The van der Waals surface area contributed by atoms with Gasteiger partial charge < -0.3 is 4.74 Å². The molecule has 2 heteroatoms. The van der Waals surface area contributed by atoms with E-state index in [0.29, 0.717) is 11.3 Å². The van der Waals surface area contributed by atoms with E-state index >= 15 is 0 Å². The van der Waals surface area contributed by atoms with E-state index in [0.717, 1.165) is 5.56 Å². The predicted molar refractivity (Wildman–Crippen MR) is 65.4 cm³/mol. The van der Waals surface area contributed by atoms with Crippen LogP contribution in [0.1, 0.15) is 11.1 Å². The van der Waals surface area contributed by atoms with E-state index in [2.05, 4.69) is 11.8 Å². The minimum atomic E-state index is -0.317. The molecule has 0 aliphatic carbocycles. The SMILES string of the molecule is COc1ccc(F)cc1C#Cc1ccccc1. The van der Waals surface area contributed by atoms with Gasteiger partial charge in [-0.25, -0.2) is 4.39 Å². The number of ether oxygens (including phenoxy) is 1. The van der Waals surface area contributed by atoms with E-state index < -0.39 is 0 Å². The first-order chi connectivity index (χ1) is 8.29. The van der Waals surface area contributed by atoms with Gasteiger partial charge in [-0.1, -0.05) is 30.0 Å². The van der Waals surface area contributed by atoms with Gasteiger partial charge in [0.05, 0.1) is 12.7 Å². The summed E-state index contributed by atoms with van der Waals surface area (Å²) in [6, 6.07) is 13.8. The average molecular weight is 226 g/mol. The maximum Gasteiger partial charge on any atom is 0.134 e. The summed E-state index contributed by atoms with van der Waals surface area (Å²) in [7, 11) is 1.54. The fourth-order valence-electron chi connectivity index (χ4n) is 1.44. The van der Waals surface area contributed by atoms with Gasteiger partial charge in [-0.3, -0.25) is 0 Å². The van der Waals surface area contributed by atoms with Gasteiger partial charge in [0.25, 0.3) is 0 Å². The summed E-state index contributed by atoms with van der Waals surface area (Å²) in [5, 5.41) is 0. The lowest BCUT2D eigenvalue weighted by Gasteiger charge is -2.02. The monoisotopic (exact) mass is 226 g/mol. The molecule has 0 saturated carbocycles. The molecular formula is C15H11FO. The first-order valence-corrected chi connectivity index (χ1v) is 5.20. The number of halogens is 1. The predicted octanol–water partition coefficient (Wildman–Crippen LogP) is 3.23. The average Bonchev–Trinajstić information content (AvgIpc) is 2.38. The molecule has 0 saturated heterocycles. The van der Waals surface area contributed by atoms with Crippen molar-refractivity contribution in [1.82, 2.24) is 0 Å². The molecule has 2 aromatic rings. The van der Waals surface area contributed by atoms with Crippen molar-refractivity contribution >= 4 is 0 Å². The van der Waals surface area contributed by atoms with Crippen LogP contribution in [0, 0.1) is 17.7 Å². The first kappa shape index (κ1) is 11.2. The molecule has 1 nitrogen and oxygen atoms in total. The van der Waals surface area contributed by atoms with E-state index in [4.69, 9.17) is 4.74 Å². The molecule has 0 fully saturated rings. The molecule has 0 amide bonds. The summed E-state index contributed by atoms with van der Waals surface area (Å²) in [5.41, 5.74) is 1.44. The van der Waals surface area contributed by atoms with Gasteiger partial charge in [-0.05, 0) is 30.3 Å². The van der Waals surface area contributed by atoms with Gasteiger partial charge in [-0.2, -0.15) is 0 Å². The van der Waals surface area contributed by atoms with Crippen LogP contribution >= 0.6 is 0 Å². The summed E-state index contributed by atoms with van der Waals surface area (Å²) >= 11 is 0. The highest BCUT2D eigenvalue weighted by atomic mass is 19.1. The second kappa shape index (κ2) is 5.18. The lowest BCUT2D eigenvalue weighted by molar-refractivity contribution is 0.412. The van der Waals surface area contributed by atoms with E-state index in [1.807, 2.05) is 30.3 Å². The van der Waals surface area contributed by atoms with Crippen LogP contribution in [0.4, 0.5) is 4.39 Å². The van der Waals surface area contributed by atoms with E-state index in [1.165, 1.54) is 12.1 Å². The largest absolute Gasteiger partial charge is 0.495 e. The highest BCUT2D eigenvalue weighted by molar-refractivity contribution is 5.49. The fourth-order valence-corrected chi connectivity index (χ4v) is 1.44. The summed E-state index contributed by atoms with van der Waals surface area (Å²) in [6.07, 6.45) is 0. The van der Waals surface area contributed by atoms with Crippen molar-refractivity contribution in [3.8, 4) is 17.6 Å². The smallest absolute Gasteiger partial charge is 0.134 e. The molecule has 17 heavy (non-hydrogen) atoms. The van der Waals surface area contributed by atoms with E-state index in [1.54, 1.807) is 13.2 Å². The van der Waals surface area contributed by atoms with Crippen molar-refractivity contribution in [2.45, 2.75) is 0 Å². The Bertz CT molecular complexity index is 564. The van der Waals surface area contributed by atoms with Gasteiger partial charge in [0, 0.05) is 5.56 Å². The maximum atomic E-state index is 13.1. The number of hydrogen-bond acceptors (Lipinski definition) is 1. The molecular weight excluding hydrogens is 215 g/mol. The van der Waals surface area contributed by atoms with Crippen molar-refractivity contribution in [3.05, 3.63) is 65.5 Å². The Morgan fingerprint density at radius 1 is 1.00 bits per heavy atom. The molecule has 0 spiro atoms. The molecule has 0 aliphatic rings. The van der Waals surface area contributed by atoms with Crippen molar-refractivity contribution < 1.29 is 9.13 Å². The molecule has 0 aliphatic heterocycles. The molecule has 0 aromatic heterocycles. The van der Waals surface area contributed by atoms with Gasteiger partial charge >= 0.3 is 0 Å². The van der Waals surface area contributed by atoms with Gasteiger partial charge in [0.2, 0.25) is 0 Å². The van der Waals surface area contributed by atoms with Gasteiger partial charge in [-0.15, -0.1) is 0 Å². The Labute approximate surface area is 99.9 Å². The molecule has 0 radical (unpaired) electrons. The zero-order valence-electron chi connectivity index (χ0n) is 9.41. The molecule has 0 atom stereocenters. The van der Waals surface area contributed by atoms with Crippen molar-refractivity contribution in [3.63, 3.8) is 0 Å². The zero-order valence-corrected chi connectivity index (χ0v) is 9.41. The van der Waals surface area contributed by atoms with Crippen LogP contribution in [0.2, 0.25) is 0 Å². The van der Waals surface area contributed by atoms with Crippen LogP contribution in [-0.4, -0.2) is 7.11 Å². The van der Waals surface area contributed by atoms with Crippen LogP contribution in [0.5, 0.6) is 5.75 Å². The third-order valence-electron chi connectivity index (χ3n) is 2.28. The Hall–Kier alpha value is -2.27. The normalized spacial score (nSPS) is 9.29. The molecule has 0 bridgehead atoms. The highest BCUT2D eigenvalue weighted by Gasteiger charge is 2.00. The lowest BCUT2D eigenvalue weighted by Crippen LogP contribution is -1.88. The van der Waals surface area contributed by atoms with Crippen molar-refractivity contribution in [2.75, 3.05) is 7.11 Å². The van der Waals surface area contributed by atoms with E-state index in [-0.39, 0.29) is 5.82 Å². The lowest BCUT2D eigenvalue weighted by atomic mass is 10.1. The number of rotatable bonds is 1. The summed E-state index contributed by atoms with van der Waals surface area (Å²) in [6.45, 7) is 0. The third kappa shape index (κ3) is 2.85. The first-order valence-electron chi connectivity index (χ1n) is 5.20. The minimum absolute atomic E-state index is 0.317. The summed E-state index contributed by atoms with van der Waals surface area (Å²) in [5.74, 6) is 6.13. The molecule has 0 unspecified atom stereocenters. The molecule has 2 aromatic carbocycles. The number of hydrogen-bond donors (Lipinski definition) is 0. The third-order valence-corrected chi connectivity index (χ3v) is 2.28. The van der Waals surface area contributed by atoms with E-state index in [9.17, 15) is 4.39 Å². The minimum Gasteiger partial charge on any atom is -0.495 e. The summed E-state index contributed by atoms with van der Waals surface area (Å²) < 4.78 is 18.2. The maximum absolute atomic E-state index is 13.1. The second-order valence-electron chi connectivity index (χ2n) is 3.46. The van der Waals surface area contributed by atoms with Crippen molar-refractivity contribution in [1.29, 1.82) is 0 Å². The molecule has 0 heterocycles. The zero-order chi connectivity index (χ0) is 12.1. The quantitative estimate of drug-likeness (QED) is 0.678. The standard InChI is InChI=1S/C15H11FO/c1-17-15-10-9-14(16)11-13(15)8-7-12-5-3-2-4-6-12/h2-6,9-11H,1H3. The Morgan fingerprint density at radius 2 is 1.76 bits per heavy atom. The van der Waals surface area contributed by atoms with Gasteiger partial charge in [0.15, 0.2) is 0 Å². The van der Waals surface area contributed by atoms with Crippen LogP contribution in [0.15, 0.2) is 48.5 Å². The molecule has 0 N–H and O–H groups in total. The fraction of sp³-hybridized carbons (Fsp3) is 0.0667. The van der Waals surface area contributed by atoms with Crippen LogP contribution < -0.4 is 4.74 Å². The Kier molecular flexibility index (Phi) is 3.42. The molecule has 2 rings (SSSR count). The topological polar surface area (TPSA) is 9.23 Å². The van der Waals surface area contributed by atoms with Crippen LogP contribution in [0.25, 0.3) is 0 Å². The Morgan fingerprint density at radius 3 is 2.47 bits per heavy atom. The highest BCUT2D eigenvalue weighted by Crippen LogP contribution is 2.18. The van der Waals surface area contributed by atoms with Gasteiger partial charge in [0.1, 0.15) is 11.6 Å². The second-order valence-corrected chi connectivity index (χ2v) is 3.46.